The highest BCUT2D eigenvalue weighted by atomic mass is 16.6. The van der Waals surface area contributed by atoms with Gasteiger partial charge in [0.15, 0.2) is 0 Å². The van der Waals surface area contributed by atoms with Crippen molar-refractivity contribution in [3.63, 3.8) is 0 Å². The Kier molecular flexibility index (Phi) is 9.88. The molecule has 0 aliphatic heterocycles. The second-order valence-electron chi connectivity index (χ2n) is 10.4. The van der Waals surface area contributed by atoms with Crippen molar-refractivity contribution >= 4 is 23.6 Å². The Balaban J connectivity index is 2.57. The third kappa shape index (κ3) is 7.84. The maximum Gasteiger partial charge on any atom is 0.408 e. The van der Waals surface area contributed by atoms with Crippen molar-refractivity contribution in [2.45, 2.75) is 66.2 Å². The van der Waals surface area contributed by atoms with Crippen molar-refractivity contribution in [1.29, 1.82) is 0 Å². The van der Waals surface area contributed by atoms with Crippen LogP contribution < -0.4 is 10.6 Å². The van der Waals surface area contributed by atoms with Crippen LogP contribution in [-0.2, 0) is 14.3 Å². The number of ether oxygens (including phenoxy) is 1. The number of carbonyl (C=O) groups excluding carboxylic acids is 3. The van der Waals surface area contributed by atoms with E-state index in [1.165, 1.54) is 11.0 Å². The molecule has 2 unspecified atom stereocenters. The smallest absolute Gasteiger partial charge is 0.408 e. The molecule has 8 nitrogen and oxygen atoms in total. The number of carbonyl (C=O) groups is 3. The zero-order chi connectivity index (χ0) is 27.9. The molecule has 200 valence electrons. The zero-order valence-corrected chi connectivity index (χ0v) is 22.8. The minimum atomic E-state index is -1.20. The summed E-state index contributed by atoms with van der Waals surface area (Å²) in [7, 11) is 0. The largest absolute Gasteiger partial charge is 0.507 e. The second-order valence-corrected chi connectivity index (χ2v) is 10.4. The molecule has 37 heavy (non-hydrogen) atoms. The summed E-state index contributed by atoms with van der Waals surface area (Å²) in [6, 6.07) is 10.1. The first-order valence-corrected chi connectivity index (χ1v) is 12.3. The van der Waals surface area contributed by atoms with Crippen LogP contribution in [-0.4, -0.2) is 46.1 Å². The summed E-state index contributed by atoms with van der Waals surface area (Å²) in [4.78, 5) is 41.6. The molecule has 8 heteroatoms. The lowest BCUT2D eigenvalue weighted by atomic mass is 9.97. The third-order valence-electron chi connectivity index (χ3n) is 5.74. The number of phenols is 1. The van der Waals surface area contributed by atoms with Crippen LogP contribution in [0.4, 0.5) is 10.5 Å². The predicted octanol–water partition coefficient (Wildman–Crippen LogP) is 5.25. The van der Waals surface area contributed by atoms with Crippen LogP contribution >= 0.6 is 0 Å². The Hall–Kier alpha value is -3.81. The molecular weight excluding hydrogens is 470 g/mol. The molecule has 0 aliphatic carbocycles. The van der Waals surface area contributed by atoms with Gasteiger partial charge in [-0.05, 0) is 57.7 Å². The molecule has 3 amide bonds. The summed E-state index contributed by atoms with van der Waals surface area (Å²) >= 11 is 0. The molecule has 0 aliphatic rings. The van der Waals surface area contributed by atoms with Gasteiger partial charge in [-0.25, -0.2) is 4.79 Å². The van der Waals surface area contributed by atoms with Crippen LogP contribution in [0.25, 0.3) is 0 Å². The lowest BCUT2D eigenvalue weighted by Gasteiger charge is -2.35. The van der Waals surface area contributed by atoms with E-state index < -0.39 is 35.6 Å². The SMILES string of the molecule is C=CCN(C(=O)C(NC(=O)OC(C)(C)C)C(C)C)C(C(=O)Nc1ccccc1C)c1cccc(C)c1O. The number of hydrogen-bond donors (Lipinski definition) is 3. The van der Waals surface area contributed by atoms with Gasteiger partial charge in [-0.1, -0.05) is 56.3 Å². The molecule has 0 saturated heterocycles. The van der Waals surface area contributed by atoms with Crippen molar-refractivity contribution < 1.29 is 24.2 Å². The Morgan fingerprint density at radius 2 is 1.68 bits per heavy atom. The average molecular weight is 510 g/mol. The number of nitrogens with one attached hydrogen (secondary N) is 2. The molecule has 2 aromatic carbocycles. The molecular formula is C29H39N3O5. The molecule has 0 aromatic heterocycles. The molecule has 0 heterocycles. The number of rotatable bonds is 9. The number of alkyl carbamates (subject to hydrolysis) is 1. The van der Waals surface area contributed by atoms with E-state index in [-0.39, 0.29) is 23.8 Å². The van der Waals surface area contributed by atoms with Crippen molar-refractivity contribution in [2.24, 2.45) is 5.92 Å². The van der Waals surface area contributed by atoms with Gasteiger partial charge in [0.25, 0.3) is 5.91 Å². The molecule has 2 atom stereocenters. The van der Waals surface area contributed by atoms with Gasteiger partial charge in [-0.15, -0.1) is 6.58 Å². The predicted molar refractivity (Wildman–Crippen MR) is 145 cm³/mol. The summed E-state index contributed by atoms with van der Waals surface area (Å²) in [5.41, 5.74) is 1.50. The Bertz CT molecular complexity index is 1140. The molecule has 0 saturated carbocycles. The monoisotopic (exact) mass is 509 g/mol. The summed E-state index contributed by atoms with van der Waals surface area (Å²) in [6.45, 7) is 16.1. The van der Waals surface area contributed by atoms with E-state index >= 15 is 0 Å². The highest BCUT2D eigenvalue weighted by Gasteiger charge is 2.38. The highest BCUT2D eigenvalue weighted by Crippen LogP contribution is 2.33. The quantitative estimate of drug-likeness (QED) is 0.400. The summed E-state index contributed by atoms with van der Waals surface area (Å²) in [5.74, 6) is -1.43. The fourth-order valence-electron chi connectivity index (χ4n) is 3.86. The van der Waals surface area contributed by atoms with Crippen LogP contribution in [0.1, 0.15) is 57.4 Å². The van der Waals surface area contributed by atoms with Crippen molar-refractivity contribution in [2.75, 3.05) is 11.9 Å². The van der Waals surface area contributed by atoms with Crippen LogP contribution in [0.15, 0.2) is 55.1 Å². The van der Waals surface area contributed by atoms with Gasteiger partial charge in [-0.2, -0.15) is 0 Å². The summed E-state index contributed by atoms with van der Waals surface area (Å²) in [6.07, 6.45) is 0.765. The fourth-order valence-corrected chi connectivity index (χ4v) is 3.86. The van der Waals surface area contributed by atoms with Gasteiger partial charge >= 0.3 is 6.09 Å². The van der Waals surface area contributed by atoms with Gasteiger partial charge in [-0.3, -0.25) is 9.59 Å². The lowest BCUT2D eigenvalue weighted by Crippen LogP contribution is -2.54. The van der Waals surface area contributed by atoms with Crippen molar-refractivity contribution in [3.8, 4) is 5.75 Å². The van der Waals surface area contributed by atoms with E-state index in [1.807, 2.05) is 19.1 Å². The maximum atomic E-state index is 14.0. The number of aryl methyl sites for hydroxylation is 2. The number of benzene rings is 2. The van der Waals surface area contributed by atoms with E-state index in [0.717, 1.165) is 5.56 Å². The van der Waals surface area contributed by atoms with E-state index in [0.29, 0.717) is 11.3 Å². The number of phenolic OH excluding ortho intramolecular Hbond substituents is 1. The van der Waals surface area contributed by atoms with E-state index in [1.54, 1.807) is 71.9 Å². The number of hydrogen-bond acceptors (Lipinski definition) is 5. The van der Waals surface area contributed by atoms with E-state index in [9.17, 15) is 19.5 Å². The highest BCUT2D eigenvalue weighted by molar-refractivity contribution is 6.00. The standard InChI is InChI=1S/C29H39N3O5/c1-9-17-32(27(35)23(18(2)3)31-28(36)37-29(6,7)8)24(21-15-12-14-20(5)25(21)33)26(34)30-22-16-11-10-13-19(22)4/h9-16,18,23-24,33H,1,17H2,2-8H3,(H,30,34)(H,31,36). The molecule has 0 radical (unpaired) electrons. The topological polar surface area (TPSA) is 108 Å². The van der Waals surface area contributed by atoms with E-state index in [2.05, 4.69) is 17.2 Å². The first kappa shape index (κ1) is 29.4. The normalized spacial score (nSPS) is 12.9. The van der Waals surface area contributed by atoms with Gasteiger partial charge in [0.05, 0.1) is 0 Å². The number of anilines is 1. The molecule has 2 rings (SSSR count). The average Bonchev–Trinajstić information content (AvgIpc) is 2.79. The third-order valence-corrected chi connectivity index (χ3v) is 5.74. The molecule has 2 aromatic rings. The zero-order valence-electron chi connectivity index (χ0n) is 22.8. The minimum absolute atomic E-state index is 0.00269. The first-order chi connectivity index (χ1) is 17.3. The molecule has 3 N–H and O–H groups in total. The van der Waals surface area contributed by atoms with Gasteiger partial charge in [0.1, 0.15) is 23.4 Å². The Morgan fingerprint density at radius 1 is 1.05 bits per heavy atom. The molecule has 0 fully saturated rings. The number of para-hydroxylation sites is 2. The Labute approximate surface area is 219 Å². The first-order valence-electron chi connectivity index (χ1n) is 12.3. The van der Waals surface area contributed by atoms with Gasteiger partial charge < -0.3 is 25.4 Å². The fraction of sp³-hybridized carbons (Fsp3) is 0.414. The number of aromatic hydroxyl groups is 1. The number of nitrogens with zero attached hydrogens (tertiary/aromatic N) is 1. The molecule has 0 spiro atoms. The second kappa shape index (κ2) is 12.4. The van der Waals surface area contributed by atoms with Gasteiger partial charge in [0.2, 0.25) is 5.91 Å². The van der Waals surface area contributed by atoms with Crippen LogP contribution in [0.2, 0.25) is 0 Å². The minimum Gasteiger partial charge on any atom is -0.507 e. The summed E-state index contributed by atoms with van der Waals surface area (Å²) in [5, 5.41) is 16.5. The lowest BCUT2D eigenvalue weighted by molar-refractivity contribution is -0.141. The molecule has 0 bridgehead atoms. The van der Waals surface area contributed by atoms with E-state index in [4.69, 9.17) is 4.74 Å². The number of amides is 3. The summed E-state index contributed by atoms with van der Waals surface area (Å²) < 4.78 is 5.37. The maximum absolute atomic E-state index is 14.0. The van der Waals surface area contributed by atoms with Crippen LogP contribution in [0, 0.1) is 19.8 Å². The van der Waals surface area contributed by atoms with Crippen LogP contribution in [0.5, 0.6) is 5.75 Å². The van der Waals surface area contributed by atoms with Crippen molar-refractivity contribution in [3.05, 3.63) is 71.8 Å². The van der Waals surface area contributed by atoms with Crippen molar-refractivity contribution in [1.82, 2.24) is 10.2 Å². The van der Waals surface area contributed by atoms with Gasteiger partial charge in [0, 0.05) is 17.8 Å². The Morgan fingerprint density at radius 3 is 2.24 bits per heavy atom. The van der Waals surface area contributed by atoms with Crippen LogP contribution in [0.3, 0.4) is 0 Å².